The molecule has 6 atom stereocenters. The van der Waals surface area contributed by atoms with Crippen molar-refractivity contribution in [2.75, 3.05) is 6.61 Å². The minimum Gasteiger partial charge on any atom is -0.378 e. The van der Waals surface area contributed by atoms with Gasteiger partial charge in [0, 0.05) is 11.8 Å². The molecular formula is C20H32ClFO2. The average Bonchev–Trinajstić information content (AvgIpc) is 2.60. The Kier molecular flexibility index (Phi) is 6.24. The van der Waals surface area contributed by atoms with Crippen molar-refractivity contribution in [1.82, 2.24) is 0 Å². The van der Waals surface area contributed by atoms with E-state index in [9.17, 15) is 9.18 Å². The van der Waals surface area contributed by atoms with Gasteiger partial charge in [-0.2, -0.15) is 0 Å². The molecule has 0 N–H and O–H groups in total. The van der Waals surface area contributed by atoms with E-state index in [0.717, 1.165) is 51.6 Å². The molecule has 138 valence electrons. The fourth-order valence-electron chi connectivity index (χ4n) is 5.05. The van der Waals surface area contributed by atoms with Gasteiger partial charge in [0.1, 0.15) is 12.0 Å². The van der Waals surface area contributed by atoms with Gasteiger partial charge in [-0.25, -0.2) is 4.39 Å². The minimum atomic E-state index is -1.04. The minimum absolute atomic E-state index is 0.0130. The first kappa shape index (κ1) is 18.6. The van der Waals surface area contributed by atoms with Crippen LogP contribution in [0.25, 0.3) is 0 Å². The molecule has 0 aromatic carbocycles. The summed E-state index contributed by atoms with van der Waals surface area (Å²) in [4.78, 5) is 12.9. The van der Waals surface area contributed by atoms with Crippen molar-refractivity contribution < 1.29 is 13.9 Å². The van der Waals surface area contributed by atoms with Gasteiger partial charge in [0.15, 0.2) is 0 Å². The fourth-order valence-corrected chi connectivity index (χ4v) is 5.55. The fraction of sp³-hybridized carbons (Fsp3) is 0.950. The van der Waals surface area contributed by atoms with E-state index < -0.39 is 11.5 Å². The number of hydrogen-bond donors (Lipinski definition) is 0. The van der Waals surface area contributed by atoms with Crippen LogP contribution in [0.3, 0.4) is 0 Å². The van der Waals surface area contributed by atoms with Crippen LogP contribution >= 0.6 is 11.6 Å². The van der Waals surface area contributed by atoms with E-state index in [1.54, 1.807) is 0 Å². The molecule has 2 saturated carbocycles. The van der Waals surface area contributed by atoms with E-state index >= 15 is 0 Å². The zero-order valence-electron chi connectivity index (χ0n) is 15.1. The first-order valence-electron chi connectivity index (χ1n) is 9.90. The number of alkyl halides is 2. The van der Waals surface area contributed by atoms with Crippen LogP contribution in [0.15, 0.2) is 0 Å². The van der Waals surface area contributed by atoms with Crippen molar-refractivity contribution in [3.05, 3.63) is 0 Å². The summed E-state index contributed by atoms with van der Waals surface area (Å²) in [6.07, 6.45) is 7.51. The van der Waals surface area contributed by atoms with Crippen molar-refractivity contribution in [1.29, 1.82) is 0 Å². The van der Waals surface area contributed by atoms with Crippen LogP contribution in [0.2, 0.25) is 0 Å². The summed E-state index contributed by atoms with van der Waals surface area (Å²) in [7, 11) is 0. The summed E-state index contributed by atoms with van der Waals surface area (Å²) in [6, 6.07) is 0. The Labute approximate surface area is 150 Å². The molecule has 2 nitrogen and oxygen atoms in total. The summed E-state index contributed by atoms with van der Waals surface area (Å²) >= 11 is 6.29. The normalized spacial score (nSPS) is 47.3. The molecule has 0 aromatic rings. The third-order valence-corrected chi connectivity index (χ3v) is 7.46. The molecule has 24 heavy (non-hydrogen) atoms. The lowest BCUT2D eigenvalue weighted by atomic mass is 9.69. The van der Waals surface area contributed by atoms with Gasteiger partial charge in [-0.05, 0) is 76.0 Å². The third-order valence-electron chi connectivity index (χ3n) is 6.91. The summed E-state index contributed by atoms with van der Waals surface area (Å²) in [6.45, 7) is 4.94. The van der Waals surface area contributed by atoms with Gasteiger partial charge in [0.05, 0.1) is 18.1 Å². The first-order valence-corrected chi connectivity index (χ1v) is 10.3. The number of carbonyl (C=O) groups is 1. The van der Waals surface area contributed by atoms with Crippen molar-refractivity contribution in [3.63, 3.8) is 0 Å². The summed E-state index contributed by atoms with van der Waals surface area (Å²) in [5.41, 5.74) is 0. The van der Waals surface area contributed by atoms with Crippen LogP contribution in [0.5, 0.6) is 0 Å². The second-order valence-electron chi connectivity index (χ2n) is 8.55. The highest BCUT2D eigenvalue weighted by Gasteiger charge is 2.43. The molecule has 0 radical (unpaired) electrons. The average molecular weight is 359 g/mol. The zero-order chi connectivity index (χ0) is 17.3. The number of rotatable bonds is 3. The van der Waals surface area contributed by atoms with Gasteiger partial charge in [0.2, 0.25) is 0 Å². The lowest BCUT2D eigenvalue weighted by Gasteiger charge is -2.39. The van der Waals surface area contributed by atoms with Gasteiger partial charge in [0.25, 0.3) is 0 Å². The van der Waals surface area contributed by atoms with Crippen LogP contribution in [0, 0.1) is 29.6 Å². The van der Waals surface area contributed by atoms with Gasteiger partial charge in [-0.15, -0.1) is 11.6 Å². The lowest BCUT2D eigenvalue weighted by Crippen LogP contribution is -2.43. The highest BCUT2D eigenvalue weighted by atomic mass is 35.5. The van der Waals surface area contributed by atoms with Gasteiger partial charge < -0.3 is 4.74 Å². The maximum Gasteiger partial charge on any atom is 0.140 e. The SMILES string of the molecule is CC1CCC(C2CCC(C(=O)C3CCC(C)C(F)C3Cl)CC2)CO1. The molecule has 0 amide bonds. The maximum atomic E-state index is 14.2. The van der Waals surface area contributed by atoms with E-state index in [1.807, 2.05) is 6.92 Å². The molecule has 3 aliphatic rings. The molecule has 1 saturated heterocycles. The van der Waals surface area contributed by atoms with Gasteiger partial charge in [-0.1, -0.05) is 6.92 Å². The van der Waals surface area contributed by atoms with Gasteiger partial charge in [-0.3, -0.25) is 4.79 Å². The predicted octanol–water partition coefficient (Wildman–Crippen LogP) is 5.17. The zero-order valence-corrected chi connectivity index (χ0v) is 15.8. The van der Waals surface area contributed by atoms with Gasteiger partial charge >= 0.3 is 0 Å². The van der Waals surface area contributed by atoms with E-state index in [0.29, 0.717) is 17.9 Å². The molecule has 2 aliphatic carbocycles. The van der Waals surface area contributed by atoms with E-state index in [1.165, 1.54) is 6.42 Å². The first-order chi connectivity index (χ1) is 11.5. The van der Waals surface area contributed by atoms with Crippen molar-refractivity contribution in [2.45, 2.75) is 82.9 Å². The van der Waals surface area contributed by atoms with Crippen LogP contribution in [0.4, 0.5) is 4.39 Å². The summed E-state index contributed by atoms with van der Waals surface area (Å²) in [5.74, 6) is 1.45. The monoisotopic (exact) mass is 358 g/mol. The molecule has 6 unspecified atom stereocenters. The highest BCUT2D eigenvalue weighted by Crippen LogP contribution is 2.42. The summed E-state index contributed by atoms with van der Waals surface area (Å²) in [5, 5.41) is -0.618. The smallest absolute Gasteiger partial charge is 0.140 e. The molecule has 0 spiro atoms. The number of carbonyl (C=O) groups excluding carboxylic acids is 1. The number of ether oxygens (including phenoxy) is 1. The Morgan fingerprint density at radius 1 is 0.958 bits per heavy atom. The second-order valence-corrected chi connectivity index (χ2v) is 9.05. The number of hydrogen-bond acceptors (Lipinski definition) is 2. The van der Waals surface area contributed by atoms with Crippen LogP contribution < -0.4 is 0 Å². The molecule has 4 heteroatoms. The Hall–Kier alpha value is -0.150. The second kappa shape index (κ2) is 8.03. The van der Waals surface area contributed by atoms with E-state index in [2.05, 4.69) is 6.92 Å². The summed E-state index contributed by atoms with van der Waals surface area (Å²) < 4.78 is 20.0. The topological polar surface area (TPSA) is 26.3 Å². The molecule has 0 aromatic heterocycles. The highest BCUT2D eigenvalue weighted by molar-refractivity contribution is 6.22. The van der Waals surface area contributed by atoms with Crippen molar-refractivity contribution >= 4 is 17.4 Å². The quantitative estimate of drug-likeness (QED) is 0.650. The molecular weight excluding hydrogens is 327 g/mol. The Bertz CT molecular complexity index is 427. The molecule has 3 fully saturated rings. The maximum absolute atomic E-state index is 14.2. The van der Waals surface area contributed by atoms with E-state index in [4.69, 9.17) is 16.3 Å². The number of halogens is 2. The Morgan fingerprint density at radius 3 is 2.25 bits per heavy atom. The number of Topliss-reactive ketones (excluding diaryl/α,β-unsaturated/α-hetero) is 1. The molecule has 0 bridgehead atoms. The van der Waals surface area contributed by atoms with Crippen LogP contribution in [-0.2, 0) is 9.53 Å². The third kappa shape index (κ3) is 3.98. The largest absolute Gasteiger partial charge is 0.378 e. The van der Waals surface area contributed by atoms with Crippen molar-refractivity contribution in [3.8, 4) is 0 Å². The van der Waals surface area contributed by atoms with Crippen LogP contribution in [-0.4, -0.2) is 30.0 Å². The molecule has 3 rings (SSSR count). The predicted molar refractivity (Wildman–Crippen MR) is 95.0 cm³/mol. The van der Waals surface area contributed by atoms with Crippen molar-refractivity contribution in [2.24, 2.45) is 29.6 Å². The molecule has 1 aliphatic heterocycles. The Balaban J connectivity index is 1.50. The van der Waals surface area contributed by atoms with E-state index in [-0.39, 0.29) is 23.5 Å². The number of ketones is 1. The molecule has 1 heterocycles. The van der Waals surface area contributed by atoms with Crippen LogP contribution in [0.1, 0.15) is 65.2 Å². The standard InChI is InChI=1S/C20H32ClFO2/c1-12-3-10-17(18(21)19(12)22)20(23)15-8-6-14(7-9-15)16-5-4-13(2)24-11-16/h12-19H,3-11H2,1-2H3. The Morgan fingerprint density at radius 2 is 1.62 bits per heavy atom. The lowest BCUT2D eigenvalue weighted by molar-refractivity contribution is -0.130.